The number of rotatable bonds is 4. The minimum atomic E-state index is -0.773. The summed E-state index contributed by atoms with van der Waals surface area (Å²) in [5.74, 6) is 0.497. The minimum Gasteiger partial charge on any atom is -0.473 e. The quantitative estimate of drug-likeness (QED) is 0.447. The van der Waals surface area contributed by atoms with Gasteiger partial charge in [-0.3, -0.25) is 9.69 Å². The minimum absolute atomic E-state index is 0.0477. The fourth-order valence-corrected chi connectivity index (χ4v) is 7.63. The first-order chi connectivity index (χ1) is 17.2. The molecule has 0 radical (unpaired) electrons. The molecule has 190 valence electrons. The van der Waals surface area contributed by atoms with Crippen molar-refractivity contribution in [3.8, 4) is 11.9 Å². The van der Waals surface area contributed by atoms with Crippen LogP contribution in [0.5, 0.6) is 5.88 Å². The van der Waals surface area contributed by atoms with Gasteiger partial charge in [0.05, 0.1) is 16.7 Å². The maximum Gasteiger partial charge on any atom is 0.218 e. The van der Waals surface area contributed by atoms with Crippen molar-refractivity contribution in [2.75, 3.05) is 19.3 Å². The van der Waals surface area contributed by atoms with E-state index in [0.29, 0.717) is 47.3 Å². The van der Waals surface area contributed by atoms with Gasteiger partial charge in [-0.1, -0.05) is 11.6 Å². The summed E-state index contributed by atoms with van der Waals surface area (Å²) < 4.78 is 6.15. The summed E-state index contributed by atoms with van der Waals surface area (Å²) in [6, 6.07) is 4.13. The average Bonchev–Trinajstić information content (AvgIpc) is 3.42. The number of fused-ring (bicyclic) bond motifs is 2. The molecule has 1 aliphatic heterocycles. The number of hydrogen-bond donors (Lipinski definition) is 2. The number of nitrogen functional groups attached to an aromatic ring is 1. The molecule has 36 heavy (non-hydrogen) atoms. The van der Waals surface area contributed by atoms with Crippen molar-refractivity contribution >= 4 is 39.4 Å². The fraction of sp³-hybridized carbons (Fsp3) is 0.538. The number of likely N-dealkylation sites (tertiary alicyclic amines) is 1. The fourth-order valence-electron chi connectivity index (χ4n) is 6.29. The second-order valence-electron chi connectivity index (χ2n) is 10.1. The molecule has 0 bridgehead atoms. The lowest BCUT2D eigenvalue weighted by molar-refractivity contribution is -0.122. The third kappa shape index (κ3) is 4.15. The Morgan fingerprint density at radius 1 is 1.33 bits per heavy atom. The van der Waals surface area contributed by atoms with Crippen molar-refractivity contribution in [2.24, 2.45) is 5.73 Å². The molecule has 4 N–H and O–H groups in total. The molecule has 2 aromatic heterocycles. The maximum atomic E-state index is 14.1. The number of anilines is 1. The van der Waals surface area contributed by atoms with Crippen molar-refractivity contribution in [3.05, 3.63) is 38.6 Å². The molecule has 0 amide bonds. The zero-order valence-electron chi connectivity index (χ0n) is 20.6. The van der Waals surface area contributed by atoms with Crippen LogP contribution in [-0.4, -0.2) is 46.4 Å². The van der Waals surface area contributed by atoms with E-state index >= 15 is 0 Å². The Bertz CT molecular complexity index is 1280. The van der Waals surface area contributed by atoms with Gasteiger partial charge >= 0.3 is 0 Å². The van der Waals surface area contributed by atoms with Gasteiger partial charge in [-0.05, 0) is 77.4 Å². The Labute approximate surface area is 220 Å². The number of nitriles is 1. The third-order valence-corrected chi connectivity index (χ3v) is 9.28. The van der Waals surface area contributed by atoms with Crippen LogP contribution in [0.25, 0.3) is 5.70 Å². The lowest BCUT2D eigenvalue weighted by atomic mass is 9.61. The van der Waals surface area contributed by atoms with E-state index in [4.69, 9.17) is 27.8 Å². The number of halogens is 1. The van der Waals surface area contributed by atoms with E-state index in [0.717, 1.165) is 49.1 Å². The van der Waals surface area contributed by atoms with Crippen molar-refractivity contribution in [2.45, 2.75) is 75.9 Å². The van der Waals surface area contributed by atoms with Crippen LogP contribution in [0.3, 0.4) is 0 Å². The van der Waals surface area contributed by atoms with E-state index in [2.05, 4.69) is 28.0 Å². The lowest BCUT2D eigenvalue weighted by Gasteiger charge is -2.40. The van der Waals surface area contributed by atoms with Crippen molar-refractivity contribution in [1.82, 2.24) is 14.9 Å². The number of likely N-dealkylation sites (N-methyl/N-ethyl adjacent to an activating group) is 1. The number of nitrogens with zero attached hydrogens (tertiary/aromatic N) is 4. The number of Topliss-reactive ketones (excluding diaryl/α,β-unsaturated/α-hetero) is 1. The van der Waals surface area contributed by atoms with Gasteiger partial charge in [-0.25, -0.2) is 4.98 Å². The number of allylic oxidation sites excluding steroid dienone is 1. The zero-order valence-corrected chi connectivity index (χ0v) is 22.2. The summed E-state index contributed by atoms with van der Waals surface area (Å²) >= 11 is 7.77. The molecule has 3 aliphatic rings. The summed E-state index contributed by atoms with van der Waals surface area (Å²) in [7, 11) is 2.10. The molecule has 10 heteroatoms. The molecule has 5 rings (SSSR count). The van der Waals surface area contributed by atoms with Gasteiger partial charge in [0.25, 0.3) is 0 Å². The standard InChI is InChI=1S/C26H31ClN6O2S/c1-14(17-7-5-11-33(17)2)35-20-12-19(27)31-25(32-20)22(29)15-6-3-9-26(23(15)34)10-4-8-18-21(26)16(13-28)24(30)36-18/h12,14,17H,3-11,29-30H2,1-2H3/b22-15-/t14-,17-,26-/m0/s1. The van der Waals surface area contributed by atoms with E-state index in [9.17, 15) is 10.1 Å². The van der Waals surface area contributed by atoms with Gasteiger partial charge in [0.1, 0.15) is 22.3 Å². The number of hydrogen-bond acceptors (Lipinski definition) is 9. The smallest absolute Gasteiger partial charge is 0.218 e. The third-order valence-electron chi connectivity index (χ3n) is 8.01. The highest BCUT2D eigenvalue weighted by Crippen LogP contribution is 2.52. The van der Waals surface area contributed by atoms with Crippen LogP contribution in [0.1, 0.15) is 73.7 Å². The Morgan fingerprint density at radius 3 is 2.78 bits per heavy atom. The van der Waals surface area contributed by atoms with Crippen molar-refractivity contribution in [1.29, 1.82) is 5.26 Å². The maximum absolute atomic E-state index is 14.1. The van der Waals surface area contributed by atoms with Gasteiger partial charge in [0.2, 0.25) is 5.88 Å². The molecule has 1 saturated carbocycles. The summed E-state index contributed by atoms with van der Waals surface area (Å²) in [6.45, 7) is 3.07. The summed E-state index contributed by atoms with van der Waals surface area (Å²) in [6.07, 6.45) is 6.48. The van der Waals surface area contributed by atoms with E-state index < -0.39 is 5.41 Å². The highest BCUT2D eigenvalue weighted by atomic mass is 35.5. The van der Waals surface area contributed by atoms with Crippen molar-refractivity contribution in [3.63, 3.8) is 0 Å². The Balaban J connectivity index is 1.50. The Morgan fingerprint density at radius 2 is 2.08 bits per heavy atom. The number of nitrogens with two attached hydrogens (primary N) is 2. The van der Waals surface area contributed by atoms with Crippen LogP contribution in [-0.2, 0) is 16.6 Å². The predicted octanol–water partition coefficient (Wildman–Crippen LogP) is 4.20. The van der Waals surface area contributed by atoms with Crippen LogP contribution in [0, 0.1) is 11.3 Å². The van der Waals surface area contributed by atoms with Gasteiger partial charge in [0, 0.05) is 22.6 Å². The number of aromatic nitrogens is 2. The largest absolute Gasteiger partial charge is 0.473 e. The van der Waals surface area contributed by atoms with E-state index in [1.807, 2.05) is 6.92 Å². The predicted molar refractivity (Wildman–Crippen MR) is 141 cm³/mol. The van der Waals surface area contributed by atoms with E-state index in [1.165, 1.54) is 11.3 Å². The molecule has 0 aromatic carbocycles. The number of carbonyl (C=O) groups excluding carboxylic acids is 1. The number of thiophene rings is 1. The topological polar surface area (TPSA) is 131 Å². The second-order valence-corrected chi connectivity index (χ2v) is 11.7. The molecule has 2 aliphatic carbocycles. The average molecular weight is 527 g/mol. The van der Waals surface area contributed by atoms with Crippen LogP contribution < -0.4 is 16.2 Å². The molecule has 0 unspecified atom stereocenters. The van der Waals surface area contributed by atoms with Crippen LogP contribution in [0.2, 0.25) is 5.15 Å². The molecule has 3 atom stereocenters. The summed E-state index contributed by atoms with van der Waals surface area (Å²) in [5, 5.41) is 10.5. The van der Waals surface area contributed by atoms with Gasteiger partial charge in [0.15, 0.2) is 11.6 Å². The van der Waals surface area contributed by atoms with Crippen LogP contribution >= 0.6 is 22.9 Å². The first-order valence-corrected chi connectivity index (χ1v) is 13.7. The SMILES string of the molecule is C[C@H](Oc1cc(Cl)nc(/C(N)=C2\CCC[C@@]3(CCCc4sc(N)c(C#N)c43)C2=O)n1)[C@@H]1CCCN1C. The lowest BCUT2D eigenvalue weighted by Crippen LogP contribution is -2.43. The molecule has 1 spiro atoms. The molecular weight excluding hydrogens is 496 g/mol. The second kappa shape index (κ2) is 9.66. The van der Waals surface area contributed by atoms with Gasteiger partial charge in [-0.15, -0.1) is 11.3 Å². The summed E-state index contributed by atoms with van der Waals surface area (Å²) in [4.78, 5) is 26.3. The van der Waals surface area contributed by atoms with E-state index in [-0.39, 0.29) is 28.6 Å². The highest BCUT2D eigenvalue weighted by molar-refractivity contribution is 7.16. The number of aryl methyl sites for hydroxylation is 1. The van der Waals surface area contributed by atoms with Crippen molar-refractivity contribution < 1.29 is 9.53 Å². The first-order valence-electron chi connectivity index (χ1n) is 12.5. The normalized spacial score (nSPS) is 26.5. The number of ketones is 1. The first kappa shape index (κ1) is 25.0. The van der Waals surface area contributed by atoms with Gasteiger partial charge < -0.3 is 16.2 Å². The highest BCUT2D eigenvalue weighted by Gasteiger charge is 2.49. The van der Waals surface area contributed by atoms with Gasteiger partial charge in [-0.2, -0.15) is 10.2 Å². The Kier molecular flexibility index (Phi) is 6.70. The monoisotopic (exact) mass is 526 g/mol. The Hall–Kier alpha value is -2.67. The number of carbonyl (C=O) groups is 1. The molecular formula is C26H31ClN6O2S. The zero-order chi connectivity index (χ0) is 25.6. The van der Waals surface area contributed by atoms with Crippen LogP contribution in [0.15, 0.2) is 11.6 Å². The molecule has 8 nitrogen and oxygen atoms in total. The van der Waals surface area contributed by atoms with Crippen LogP contribution in [0.4, 0.5) is 5.00 Å². The molecule has 2 aromatic rings. The van der Waals surface area contributed by atoms with E-state index in [1.54, 1.807) is 6.07 Å². The molecule has 1 saturated heterocycles. The number of ether oxygens (including phenoxy) is 1. The molecule has 3 heterocycles. The molecule has 2 fully saturated rings. The summed E-state index contributed by atoms with van der Waals surface area (Å²) in [5.41, 5.74) is 14.0.